The van der Waals surface area contributed by atoms with E-state index in [4.69, 9.17) is 0 Å². The zero-order valence-corrected chi connectivity index (χ0v) is 7.71. The van der Waals surface area contributed by atoms with Gasteiger partial charge in [0, 0.05) is 12.6 Å². The summed E-state index contributed by atoms with van der Waals surface area (Å²) in [6, 6.07) is 0.589. The van der Waals surface area contributed by atoms with Crippen LogP contribution in [0.25, 0.3) is 0 Å². The fourth-order valence-electron chi connectivity index (χ4n) is 2.45. The monoisotopic (exact) mass is 168 g/mol. The second-order valence-corrected chi connectivity index (χ2v) is 3.92. The van der Waals surface area contributed by atoms with Crippen molar-refractivity contribution in [2.45, 2.75) is 19.4 Å². The van der Waals surface area contributed by atoms with E-state index in [1.807, 2.05) is 11.9 Å². The number of nitrogens with zero attached hydrogens (tertiary/aromatic N) is 1. The molecule has 1 amide bonds. The van der Waals surface area contributed by atoms with Gasteiger partial charge in [-0.2, -0.15) is 0 Å². The van der Waals surface area contributed by atoms with E-state index in [9.17, 15) is 4.79 Å². The summed E-state index contributed by atoms with van der Waals surface area (Å²) in [5.74, 6) is 1.86. The van der Waals surface area contributed by atoms with Gasteiger partial charge in [-0.25, -0.2) is 0 Å². The van der Waals surface area contributed by atoms with Crippen molar-refractivity contribution in [3.63, 3.8) is 0 Å². The first kappa shape index (κ1) is 8.05. The maximum atomic E-state index is 11.5. The predicted molar refractivity (Wildman–Crippen MR) is 46.7 cm³/mol. The molecule has 0 bridgehead atoms. The summed E-state index contributed by atoms with van der Waals surface area (Å²) >= 11 is 0. The topological polar surface area (TPSA) is 32.3 Å². The zero-order chi connectivity index (χ0) is 8.72. The fraction of sp³-hybridized carbons (Fsp3) is 0.889. The van der Waals surface area contributed by atoms with E-state index in [1.165, 1.54) is 6.42 Å². The van der Waals surface area contributed by atoms with Gasteiger partial charge in [-0.05, 0) is 25.3 Å². The quantitative estimate of drug-likeness (QED) is 0.633. The number of carbonyl (C=O) groups excluding carboxylic acids is 1. The van der Waals surface area contributed by atoms with Crippen molar-refractivity contribution < 1.29 is 4.79 Å². The molecule has 2 aliphatic rings. The molecule has 1 aliphatic carbocycles. The Morgan fingerprint density at radius 2 is 2.42 bits per heavy atom. The van der Waals surface area contributed by atoms with Gasteiger partial charge >= 0.3 is 0 Å². The number of likely N-dealkylation sites (N-methyl/N-ethyl adjacent to an activating group) is 1. The van der Waals surface area contributed by atoms with Crippen LogP contribution in [0.15, 0.2) is 0 Å². The van der Waals surface area contributed by atoms with E-state index >= 15 is 0 Å². The molecule has 1 aliphatic heterocycles. The molecule has 1 heterocycles. The first-order valence-electron chi connectivity index (χ1n) is 4.69. The minimum atomic E-state index is 0.273. The van der Waals surface area contributed by atoms with E-state index in [2.05, 4.69) is 12.2 Å². The molecule has 0 aromatic heterocycles. The molecule has 0 radical (unpaired) electrons. The van der Waals surface area contributed by atoms with Crippen LogP contribution in [0.4, 0.5) is 0 Å². The summed E-state index contributed by atoms with van der Waals surface area (Å²) in [6.45, 7) is 3.73. The Morgan fingerprint density at radius 3 is 2.92 bits per heavy atom. The largest absolute Gasteiger partial charge is 0.338 e. The van der Waals surface area contributed by atoms with Gasteiger partial charge in [0.05, 0.1) is 6.54 Å². The van der Waals surface area contributed by atoms with Gasteiger partial charge in [-0.3, -0.25) is 4.79 Å². The Labute approximate surface area is 73.1 Å². The lowest BCUT2D eigenvalue weighted by atomic mass is 10.2. The number of carbonyl (C=O) groups is 1. The summed E-state index contributed by atoms with van der Waals surface area (Å²) in [5, 5.41) is 2.91. The summed E-state index contributed by atoms with van der Waals surface area (Å²) in [7, 11) is 1.82. The molecule has 1 N–H and O–H groups in total. The van der Waals surface area contributed by atoms with Crippen molar-refractivity contribution in [3.05, 3.63) is 0 Å². The molecule has 3 nitrogen and oxygen atoms in total. The number of rotatable bonds is 2. The molecule has 0 aromatic carbocycles. The van der Waals surface area contributed by atoms with Crippen molar-refractivity contribution in [1.82, 2.24) is 10.2 Å². The Hall–Kier alpha value is -0.570. The average molecular weight is 168 g/mol. The van der Waals surface area contributed by atoms with Crippen molar-refractivity contribution in [3.8, 4) is 0 Å². The molecule has 1 saturated carbocycles. The minimum Gasteiger partial charge on any atom is -0.338 e. The van der Waals surface area contributed by atoms with Crippen LogP contribution in [-0.4, -0.2) is 37.0 Å². The Balaban J connectivity index is 1.93. The van der Waals surface area contributed by atoms with Crippen molar-refractivity contribution >= 4 is 5.91 Å². The second kappa shape index (κ2) is 2.73. The smallest absolute Gasteiger partial charge is 0.236 e. The molecule has 2 fully saturated rings. The van der Waals surface area contributed by atoms with Crippen LogP contribution in [0.1, 0.15) is 13.3 Å². The molecule has 1 saturated heterocycles. The molecular weight excluding hydrogens is 152 g/mol. The highest BCUT2D eigenvalue weighted by molar-refractivity contribution is 5.79. The number of nitrogens with one attached hydrogen (secondary N) is 1. The fourth-order valence-corrected chi connectivity index (χ4v) is 2.45. The maximum absolute atomic E-state index is 11.5. The van der Waals surface area contributed by atoms with Crippen LogP contribution in [0, 0.1) is 11.8 Å². The molecule has 2 unspecified atom stereocenters. The lowest BCUT2D eigenvalue weighted by Crippen LogP contribution is -2.37. The molecule has 0 aromatic rings. The van der Waals surface area contributed by atoms with Crippen LogP contribution < -0.4 is 5.32 Å². The number of piperidine rings is 1. The van der Waals surface area contributed by atoms with Gasteiger partial charge in [0.1, 0.15) is 0 Å². The third-order valence-corrected chi connectivity index (χ3v) is 3.22. The van der Waals surface area contributed by atoms with Crippen LogP contribution >= 0.6 is 0 Å². The lowest BCUT2D eigenvalue weighted by molar-refractivity contribution is -0.130. The molecule has 3 atom stereocenters. The van der Waals surface area contributed by atoms with Crippen molar-refractivity contribution in [1.29, 1.82) is 0 Å². The van der Waals surface area contributed by atoms with E-state index in [1.54, 1.807) is 0 Å². The maximum Gasteiger partial charge on any atom is 0.236 e. The standard InChI is InChI=1S/C9H16N2O/c1-6-7-3-4-11(9(6)7)8(12)5-10-2/h6-7,9-10H,3-5H2,1-2H3/t6-,7?,9?/m1/s1. The molecule has 3 heteroatoms. The van der Waals surface area contributed by atoms with E-state index in [0.29, 0.717) is 12.6 Å². The van der Waals surface area contributed by atoms with Gasteiger partial charge in [-0.1, -0.05) is 6.92 Å². The van der Waals surface area contributed by atoms with Crippen LogP contribution in [0.5, 0.6) is 0 Å². The van der Waals surface area contributed by atoms with Gasteiger partial charge in [0.2, 0.25) is 5.91 Å². The molecular formula is C9H16N2O. The summed E-state index contributed by atoms with van der Waals surface area (Å²) in [6.07, 6.45) is 1.22. The first-order chi connectivity index (χ1) is 5.75. The van der Waals surface area contributed by atoms with E-state index < -0.39 is 0 Å². The summed E-state index contributed by atoms with van der Waals surface area (Å²) < 4.78 is 0. The highest BCUT2D eigenvalue weighted by Crippen LogP contribution is 2.50. The van der Waals surface area contributed by atoms with Gasteiger partial charge in [0.15, 0.2) is 0 Å². The summed E-state index contributed by atoms with van der Waals surface area (Å²) in [5.41, 5.74) is 0. The predicted octanol–water partition coefficient (Wildman–Crippen LogP) is 0.0726. The Kier molecular flexibility index (Phi) is 1.83. The first-order valence-corrected chi connectivity index (χ1v) is 4.69. The van der Waals surface area contributed by atoms with Crippen LogP contribution in [-0.2, 0) is 4.79 Å². The third kappa shape index (κ3) is 1.04. The van der Waals surface area contributed by atoms with Crippen molar-refractivity contribution in [2.75, 3.05) is 20.1 Å². The number of fused-ring (bicyclic) bond motifs is 1. The highest BCUT2D eigenvalue weighted by atomic mass is 16.2. The van der Waals surface area contributed by atoms with Crippen molar-refractivity contribution in [2.24, 2.45) is 11.8 Å². The van der Waals surface area contributed by atoms with Gasteiger partial charge in [0.25, 0.3) is 0 Å². The molecule has 0 spiro atoms. The summed E-state index contributed by atoms with van der Waals surface area (Å²) in [4.78, 5) is 13.5. The number of likely N-dealkylation sites (tertiary alicyclic amines) is 1. The van der Waals surface area contributed by atoms with Gasteiger partial charge < -0.3 is 10.2 Å². The molecule has 12 heavy (non-hydrogen) atoms. The number of amides is 1. The highest BCUT2D eigenvalue weighted by Gasteiger charge is 2.55. The van der Waals surface area contributed by atoms with E-state index in [-0.39, 0.29) is 5.91 Å². The average Bonchev–Trinajstić information content (AvgIpc) is 2.53. The molecule has 68 valence electrons. The number of hydrogen-bond acceptors (Lipinski definition) is 2. The minimum absolute atomic E-state index is 0.273. The SMILES string of the molecule is CNCC(=O)N1CCC2C1[C@@H]2C. The van der Waals surface area contributed by atoms with Crippen LogP contribution in [0.3, 0.4) is 0 Å². The van der Waals surface area contributed by atoms with E-state index in [0.717, 1.165) is 18.4 Å². The Bertz CT molecular complexity index is 205. The lowest BCUT2D eigenvalue weighted by Gasteiger charge is -2.18. The Morgan fingerprint density at radius 1 is 1.67 bits per heavy atom. The van der Waals surface area contributed by atoms with Crippen LogP contribution in [0.2, 0.25) is 0 Å². The normalized spacial score (nSPS) is 38.2. The second-order valence-electron chi connectivity index (χ2n) is 3.92. The molecule has 2 rings (SSSR count). The zero-order valence-electron chi connectivity index (χ0n) is 7.71. The number of hydrogen-bond donors (Lipinski definition) is 1. The third-order valence-electron chi connectivity index (χ3n) is 3.22. The van der Waals surface area contributed by atoms with Gasteiger partial charge in [-0.15, -0.1) is 0 Å².